The van der Waals surface area contributed by atoms with E-state index in [1.54, 1.807) is 4.90 Å². The minimum absolute atomic E-state index is 0.00894. The second-order valence-corrected chi connectivity index (χ2v) is 7.76. The number of rotatable bonds is 6. The van der Waals surface area contributed by atoms with E-state index in [9.17, 15) is 9.59 Å². The van der Waals surface area contributed by atoms with E-state index < -0.39 is 0 Å². The van der Waals surface area contributed by atoms with Gasteiger partial charge in [-0.05, 0) is 30.7 Å². The molecule has 0 spiro atoms. The lowest BCUT2D eigenvalue weighted by Gasteiger charge is -2.16. The average molecular weight is 395 g/mol. The summed E-state index contributed by atoms with van der Waals surface area (Å²) in [6.07, 6.45) is 0.234. The Bertz CT molecular complexity index is 1000. The first kappa shape index (κ1) is 18.4. The van der Waals surface area contributed by atoms with Crippen LogP contribution in [0.1, 0.15) is 18.9 Å². The van der Waals surface area contributed by atoms with Crippen LogP contribution in [-0.2, 0) is 16.1 Å². The maximum absolute atomic E-state index is 12.7. The zero-order valence-corrected chi connectivity index (χ0v) is 16.4. The Labute approximate surface area is 167 Å². The smallest absolute Gasteiger partial charge is 0.231 e. The van der Waals surface area contributed by atoms with E-state index in [2.05, 4.69) is 10.3 Å². The van der Waals surface area contributed by atoms with E-state index in [0.29, 0.717) is 24.8 Å². The number of nitrogens with one attached hydrogen (secondary N) is 1. The first-order valence-electron chi connectivity index (χ1n) is 9.28. The van der Waals surface area contributed by atoms with E-state index >= 15 is 0 Å². The zero-order valence-electron chi connectivity index (χ0n) is 15.6. The van der Waals surface area contributed by atoms with Crippen molar-refractivity contribution in [2.24, 2.45) is 5.92 Å². The molecule has 6 nitrogen and oxygen atoms in total. The SMILES string of the molecule is CCOc1ccc2nc(NC(=O)[C@H]3CC(=O)N(Cc4ccccc4)C3)sc2c1. The minimum Gasteiger partial charge on any atom is -0.494 e. The molecule has 1 aliphatic heterocycles. The van der Waals surface area contributed by atoms with Crippen LogP contribution in [-0.4, -0.2) is 34.8 Å². The molecular formula is C21H21N3O3S. The Morgan fingerprint density at radius 3 is 2.89 bits per heavy atom. The molecule has 144 valence electrons. The van der Waals surface area contributed by atoms with Crippen LogP contribution >= 0.6 is 11.3 Å². The minimum atomic E-state index is -0.359. The third kappa shape index (κ3) is 3.99. The number of anilines is 1. The number of carbonyl (C=O) groups is 2. The molecule has 1 aliphatic rings. The van der Waals surface area contributed by atoms with Gasteiger partial charge in [0.1, 0.15) is 5.75 Å². The Kier molecular flexibility index (Phi) is 5.25. The van der Waals surface area contributed by atoms with Crippen LogP contribution in [0.15, 0.2) is 48.5 Å². The predicted molar refractivity (Wildman–Crippen MR) is 109 cm³/mol. The summed E-state index contributed by atoms with van der Waals surface area (Å²) in [6, 6.07) is 15.5. The molecule has 1 aromatic heterocycles. The molecule has 0 saturated carbocycles. The molecule has 2 amide bonds. The zero-order chi connectivity index (χ0) is 19.5. The van der Waals surface area contributed by atoms with Crippen molar-refractivity contribution >= 4 is 38.5 Å². The summed E-state index contributed by atoms with van der Waals surface area (Å²) >= 11 is 1.41. The third-order valence-electron chi connectivity index (χ3n) is 4.70. The average Bonchev–Trinajstić information content (AvgIpc) is 3.25. The molecule has 0 bridgehead atoms. The van der Waals surface area contributed by atoms with Crippen LogP contribution in [0.25, 0.3) is 10.2 Å². The number of benzene rings is 2. The van der Waals surface area contributed by atoms with Crippen molar-refractivity contribution in [1.82, 2.24) is 9.88 Å². The van der Waals surface area contributed by atoms with Crippen molar-refractivity contribution < 1.29 is 14.3 Å². The van der Waals surface area contributed by atoms with Gasteiger partial charge in [0.05, 0.1) is 22.7 Å². The van der Waals surface area contributed by atoms with E-state index in [4.69, 9.17) is 4.74 Å². The highest BCUT2D eigenvalue weighted by molar-refractivity contribution is 7.22. The van der Waals surface area contributed by atoms with Gasteiger partial charge in [-0.2, -0.15) is 0 Å². The first-order chi connectivity index (χ1) is 13.6. The second kappa shape index (κ2) is 7.98. The van der Waals surface area contributed by atoms with Crippen LogP contribution < -0.4 is 10.1 Å². The molecule has 1 fully saturated rings. The molecule has 0 radical (unpaired) electrons. The van der Waals surface area contributed by atoms with E-state index in [1.807, 2.05) is 55.5 Å². The molecule has 0 aliphatic carbocycles. The predicted octanol–water partition coefficient (Wildman–Crippen LogP) is 3.68. The van der Waals surface area contributed by atoms with Gasteiger partial charge >= 0.3 is 0 Å². The summed E-state index contributed by atoms with van der Waals surface area (Å²) in [5.74, 6) is 0.277. The summed E-state index contributed by atoms with van der Waals surface area (Å²) in [4.78, 5) is 31.2. The van der Waals surface area contributed by atoms with E-state index in [1.165, 1.54) is 11.3 Å². The number of amides is 2. The fourth-order valence-corrected chi connectivity index (χ4v) is 4.22. The van der Waals surface area contributed by atoms with Crippen molar-refractivity contribution in [3.63, 3.8) is 0 Å². The van der Waals surface area contributed by atoms with Gasteiger partial charge in [0.15, 0.2) is 5.13 Å². The lowest BCUT2D eigenvalue weighted by atomic mass is 10.1. The fraction of sp³-hybridized carbons (Fsp3) is 0.286. The largest absolute Gasteiger partial charge is 0.494 e. The van der Waals surface area contributed by atoms with Crippen LogP contribution in [0.4, 0.5) is 5.13 Å². The third-order valence-corrected chi connectivity index (χ3v) is 5.64. The van der Waals surface area contributed by atoms with Gasteiger partial charge in [-0.1, -0.05) is 41.7 Å². The molecule has 1 atom stereocenters. The number of nitrogens with zero attached hydrogens (tertiary/aromatic N) is 2. The molecule has 1 N–H and O–H groups in total. The quantitative estimate of drug-likeness (QED) is 0.691. The van der Waals surface area contributed by atoms with Gasteiger partial charge in [0.2, 0.25) is 11.8 Å². The maximum Gasteiger partial charge on any atom is 0.231 e. The molecule has 2 aromatic carbocycles. The molecule has 0 unspecified atom stereocenters. The number of thiazole rings is 1. The number of carbonyl (C=O) groups excluding carboxylic acids is 2. The second-order valence-electron chi connectivity index (χ2n) is 6.73. The summed E-state index contributed by atoms with van der Waals surface area (Å²) in [7, 11) is 0. The monoisotopic (exact) mass is 395 g/mol. The summed E-state index contributed by atoms with van der Waals surface area (Å²) in [5, 5.41) is 3.42. The van der Waals surface area contributed by atoms with Crippen LogP contribution in [0.3, 0.4) is 0 Å². The molecular weight excluding hydrogens is 374 g/mol. The summed E-state index contributed by atoms with van der Waals surface area (Å²) < 4.78 is 6.46. The normalized spacial score (nSPS) is 16.5. The standard InChI is InChI=1S/C21H21N3O3S/c1-2-27-16-8-9-17-18(11-16)28-21(22-17)23-20(26)15-10-19(25)24(13-15)12-14-6-4-3-5-7-14/h3-9,11,15H,2,10,12-13H2,1H3,(H,22,23,26)/t15-/m0/s1. The van der Waals surface area contributed by atoms with Crippen LogP contribution in [0, 0.1) is 5.92 Å². The first-order valence-corrected chi connectivity index (χ1v) is 10.1. The number of likely N-dealkylation sites (tertiary alicyclic amines) is 1. The van der Waals surface area contributed by atoms with Crippen molar-refractivity contribution in [1.29, 1.82) is 0 Å². The molecule has 1 saturated heterocycles. The number of hydrogen-bond acceptors (Lipinski definition) is 5. The van der Waals surface area contributed by atoms with Gasteiger partial charge in [-0.3, -0.25) is 9.59 Å². The number of fused-ring (bicyclic) bond motifs is 1. The van der Waals surface area contributed by atoms with Gasteiger partial charge in [-0.15, -0.1) is 0 Å². The van der Waals surface area contributed by atoms with Gasteiger partial charge in [-0.25, -0.2) is 4.98 Å². The van der Waals surface area contributed by atoms with Gasteiger partial charge in [0.25, 0.3) is 0 Å². The van der Waals surface area contributed by atoms with Crippen molar-refractivity contribution in [3.8, 4) is 5.75 Å². The Morgan fingerprint density at radius 1 is 1.29 bits per heavy atom. The Balaban J connectivity index is 1.41. The summed E-state index contributed by atoms with van der Waals surface area (Å²) in [6.45, 7) is 3.50. The van der Waals surface area contributed by atoms with Crippen molar-refractivity contribution in [2.45, 2.75) is 19.9 Å². The van der Waals surface area contributed by atoms with Gasteiger partial charge in [0, 0.05) is 19.5 Å². The highest BCUT2D eigenvalue weighted by Crippen LogP contribution is 2.30. The van der Waals surface area contributed by atoms with Crippen molar-refractivity contribution in [2.75, 3.05) is 18.5 Å². The lowest BCUT2D eigenvalue weighted by molar-refractivity contribution is -0.128. The number of hydrogen-bond donors (Lipinski definition) is 1. The summed E-state index contributed by atoms with van der Waals surface area (Å²) in [5.41, 5.74) is 1.88. The molecule has 7 heteroatoms. The van der Waals surface area contributed by atoms with Crippen LogP contribution in [0.2, 0.25) is 0 Å². The molecule has 28 heavy (non-hydrogen) atoms. The van der Waals surface area contributed by atoms with E-state index in [-0.39, 0.29) is 24.2 Å². The highest BCUT2D eigenvalue weighted by atomic mass is 32.1. The molecule has 4 rings (SSSR count). The van der Waals surface area contributed by atoms with Gasteiger partial charge < -0.3 is 15.0 Å². The lowest BCUT2D eigenvalue weighted by Crippen LogP contribution is -2.28. The topological polar surface area (TPSA) is 71.5 Å². The van der Waals surface area contributed by atoms with Crippen LogP contribution in [0.5, 0.6) is 5.75 Å². The number of ether oxygens (including phenoxy) is 1. The molecule has 3 aromatic rings. The fourth-order valence-electron chi connectivity index (χ4n) is 3.33. The maximum atomic E-state index is 12.7. The Hall–Kier alpha value is -2.93. The van der Waals surface area contributed by atoms with E-state index in [0.717, 1.165) is 21.5 Å². The Morgan fingerprint density at radius 2 is 2.11 bits per heavy atom. The van der Waals surface area contributed by atoms with Crippen molar-refractivity contribution in [3.05, 3.63) is 54.1 Å². The number of aromatic nitrogens is 1. The highest BCUT2D eigenvalue weighted by Gasteiger charge is 2.34. The molecule has 2 heterocycles.